The number of guanidine groups is 1. The molecule has 1 saturated heterocycles. The number of fused-ring (bicyclic) bond motifs is 2. The van der Waals surface area contributed by atoms with E-state index in [9.17, 15) is 4.79 Å². The summed E-state index contributed by atoms with van der Waals surface area (Å²) in [7, 11) is 3.18. The van der Waals surface area contributed by atoms with Gasteiger partial charge in [0.1, 0.15) is 12.8 Å². The Hall–Kier alpha value is -3.37. The van der Waals surface area contributed by atoms with Crippen LogP contribution in [-0.4, -0.2) is 74.8 Å². The van der Waals surface area contributed by atoms with Gasteiger partial charge in [0.2, 0.25) is 12.1 Å². The average Bonchev–Trinajstić information content (AvgIpc) is 2.87. The second-order valence-electron chi connectivity index (χ2n) is 7.99. The maximum atomic E-state index is 13.0. The fourth-order valence-corrected chi connectivity index (χ4v) is 4.25. The van der Waals surface area contributed by atoms with E-state index in [0.29, 0.717) is 55.1 Å². The van der Waals surface area contributed by atoms with E-state index in [1.54, 1.807) is 14.2 Å². The summed E-state index contributed by atoms with van der Waals surface area (Å²) in [5.74, 6) is 3.10. The molecule has 3 aliphatic rings. The van der Waals surface area contributed by atoms with Gasteiger partial charge in [-0.15, -0.1) is 12.4 Å². The van der Waals surface area contributed by atoms with E-state index < -0.39 is 12.3 Å². The Morgan fingerprint density at radius 2 is 1.76 bits per heavy atom. The molecule has 2 unspecified atom stereocenters. The predicted octanol–water partition coefficient (Wildman–Crippen LogP) is 1.85. The van der Waals surface area contributed by atoms with Crippen molar-refractivity contribution < 1.29 is 23.7 Å². The molecule has 5 rings (SSSR count). The highest BCUT2D eigenvalue weighted by Gasteiger charge is 2.34. The molecule has 2 aromatic rings. The van der Waals surface area contributed by atoms with Crippen molar-refractivity contribution >= 4 is 30.0 Å². The number of nitrogens with one attached hydrogen (secondary N) is 1. The monoisotopic (exact) mass is 489 g/mol. The number of hydrogen-bond acceptors (Lipinski definition) is 9. The minimum absolute atomic E-state index is 0. The topological polar surface area (TPSA) is 111 Å². The van der Waals surface area contributed by atoms with Gasteiger partial charge < -0.3 is 39.8 Å². The first-order valence-electron chi connectivity index (χ1n) is 10.9. The lowest BCUT2D eigenvalue weighted by Gasteiger charge is -2.39. The Labute approximate surface area is 204 Å². The molecule has 2 atom stereocenters. The lowest BCUT2D eigenvalue weighted by molar-refractivity contribution is -0.142. The maximum absolute atomic E-state index is 13.0. The first-order valence-corrected chi connectivity index (χ1v) is 10.9. The fraction of sp³-hybridized carbons (Fsp3) is 0.391. The number of halogens is 1. The van der Waals surface area contributed by atoms with E-state index in [-0.39, 0.29) is 24.9 Å². The summed E-state index contributed by atoms with van der Waals surface area (Å²) in [6.45, 7) is 2.56. The fourth-order valence-electron chi connectivity index (χ4n) is 4.25. The van der Waals surface area contributed by atoms with Crippen LogP contribution < -0.4 is 30.0 Å². The largest absolute Gasteiger partial charge is 0.493 e. The zero-order valence-corrected chi connectivity index (χ0v) is 19.8. The van der Waals surface area contributed by atoms with Gasteiger partial charge in [0.05, 0.1) is 19.9 Å². The van der Waals surface area contributed by atoms with Crippen molar-refractivity contribution in [3.8, 4) is 23.0 Å². The third-order valence-electron chi connectivity index (χ3n) is 6.06. The summed E-state index contributed by atoms with van der Waals surface area (Å²) in [5.41, 5.74) is 7.99. The third kappa shape index (κ3) is 4.38. The van der Waals surface area contributed by atoms with E-state index in [1.165, 1.54) is 0 Å². The van der Waals surface area contributed by atoms with E-state index in [2.05, 4.69) is 15.2 Å². The highest BCUT2D eigenvalue weighted by molar-refractivity contribution is 5.97. The molecule has 3 aliphatic heterocycles. The van der Waals surface area contributed by atoms with Crippen LogP contribution in [0.4, 0.5) is 5.69 Å². The number of carbonyl (C=O) groups excluding carboxylic acids is 1. The molecule has 1 fully saturated rings. The molecule has 0 bridgehead atoms. The molecule has 3 N–H and O–H groups in total. The van der Waals surface area contributed by atoms with Crippen LogP contribution in [0.5, 0.6) is 23.0 Å². The molecule has 0 spiro atoms. The van der Waals surface area contributed by atoms with Crippen molar-refractivity contribution in [2.24, 2.45) is 10.7 Å². The SMILES string of the molecule is COc1cc2c(cc1OC)C(N)N=C(N1CCN(C(=O)C3COc4ccccc4O3)CC1)N2.Cl. The number of aliphatic imine (C=N–C) groups is 1. The van der Waals surface area contributed by atoms with Gasteiger partial charge in [0.25, 0.3) is 5.91 Å². The quantitative estimate of drug-likeness (QED) is 0.672. The van der Waals surface area contributed by atoms with E-state index in [0.717, 1.165) is 11.3 Å². The van der Waals surface area contributed by atoms with Crippen LogP contribution in [0.25, 0.3) is 0 Å². The number of piperazine rings is 1. The van der Waals surface area contributed by atoms with Crippen LogP contribution >= 0.6 is 12.4 Å². The smallest absolute Gasteiger partial charge is 0.267 e. The minimum atomic E-state index is -0.639. The summed E-state index contributed by atoms with van der Waals surface area (Å²) in [6.07, 6.45) is -1.16. The molecule has 0 radical (unpaired) electrons. The van der Waals surface area contributed by atoms with Gasteiger partial charge in [-0.25, -0.2) is 4.99 Å². The summed E-state index contributed by atoms with van der Waals surface area (Å²) in [4.78, 5) is 21.5. The Kier molecular flexibility index (Phi) is 6.90. The number of anilines is 1. The van der Waals surface area contributed by atoms with Gasteiger partial charge in [0, 0.05) is 37.8 Å². The normalized spacial score (nSPS) is 20.9. The van der Waals surface area contributed by atoms with Crippen molar-refractivity contribution in [3.63, 3.8) is 0 Å². The standard InChI is InChI=1S/C23H27N5O5.ClH/c1-30-18-11-14-15(12-19(18)31-2)25-23(26-21(14)24)28-9-7-27(8-10-28)22(29)20-13-32-16-5-3-4-6-17(16)33-20;/h3-6,11-12,20-21H,7-10,13,24H2,1-2H3,(H,25,26);1H. The number of methoxy groups -OCH3 is 2. The van der Waals surface area contributed by atoms with E-state index in [4.69, 9.17) is 24.7 Å². The number of hydrogen-bond donors (Lipinski definition) is 2. The zero-order chi connectivity index (χ0) is 22.9. The summed E-state index contributed by atoms with van der Waals surface area (Å²) >= 11 is 0. The summed E-state index contributed by atoms with van der Waals surface area (Å²) < 4.78 is 22.4. The van der Waals surface area contributed by atoms with Gasteiger partial charge >= 0.3 is 0 Å². The lowest BCUT2D eigenvalue weighted by atomic mass is 10.1. The number of para-hydroxylation sites is 2. The second-order valence-corrected chi connectivity index (χ2v) is 7.99. The molecular formula is C23H28ClN5O5. The van der Waals surface area contributed by atoms with Crippen LogP contribution in [0.15, 0.2) is 41.4 Å². The van der Waals surface area contributed by atoms with Crippen molar-refractivity contribution in [2.75, 3.05) is 52.3 Å². The van der Waals surface area contributed by atoms with Crippen molar-refractivity contribution in [1.29, 1.82) is 0 Å². The molecule has 2 aromatic carbocycles. The Morgan fingerprint density at radius 3 is 2.47 bits per heavy atom. The van der Waals surface area contributed by atoms with Gasteiger partial charge in [-0.05, 0) is 18.2 Å². The van der Waals surface area contributed by atoms with Crippen molar-refractivity contribution in [3.05, 3.63) is 42.0 Å². The molecule has 0 aliphatic carbocycles. The van der Waals surface area contributed by atoms with Crippen LogP contribution in [0.2, 0.25) is 0 Å². The third-order valence-corrected chi connectivity index (χ3v) is 6.06. The average molecular weight is 490 g/mol. The summed E-state index contributed by atoms with van der Waals surface area (Å²) in [6, 6.07) is 11.1. The number of rotatable bonds is 3. The molecule has 0 saturated carbocycles. The second kappa shape index (κ2) is 9.86. The number of carbonyl (C=O) groups is 1. The predicted molar refractivity (Wildman–Crippen MR) is 129 cm³/mol. The first-order chi connectivity index (χ1) is 16.1. The highest BCUT2D eigenvalue weighted by Crippen LogP contribution is 2.38. The number of ether oxygens (including phenoxy) is 4. The van der Waals surface area contributed by atoms with Crippen LogP contribution in [-0.2, 0) is 4.79 Å². The number of amides is 1. The molecule has 34 heavy (non-hydrogen) atoms. The lowest BCUT2D eigenvalue weighted by Crippen LogP contribution is -2.56. The Bertz CT molecular complexity index is 1090. The van der Waals surface area contributed by atoms with Crippen LogP contribution in [0.1, 0.15) is 11.7 Å². The number of nitrogens with two attached hydrogens (primary N) is 1. The first kappa shape index (κ1) is 23.8. The summed E-state index contributed by atoms with van der Waals surface area (Å²) in [5, 5.41) is 3.35. The van der Waals surface area contributed by atoms with E-state index >= 15 is 0 Å². The molecule has 182 valence electrons. The number of nitrogens with zero attached hydrogens (tertiary/aromatic N) is 3. The van der Waals surface area contributed by atoms with Gasteiger partial charge in [0.15, 0.2) is 23.0 Å². The van der Waals surface area contributed by atoms with Crippen molar-refractivity contribution in [2.45, 2.75) is 12.3 Å². The highest BCUT2D eigenvalue weighted by atomic mass is 35.5. The molecule has 1 amide bonds. The minimum Gasteiger partial charge on any atom is -0.493 e. The van der Waals surface area contributed by atoms with E-state index in [1.807, 2.05) is 41.3 Å². The Balaban J connectivity index is 0.00000274. The van der Waals surface area contributed by atoms with Gasteiger partial charge in [-0.2, -0.15) is 0 Å². The van der Waals surface area contributed by atoms with Crippen LogP contribution in [0.3, 0.4) is 0 Å². The molecule has 3 heterocycles. The van der Waals surface area contributed by atoms with Crippen LogP contribution in [0, 0.1) is 0 Å². The Morgan fingerprint density at radius 1 is 1.09 bits per heavy atom. The van der Waals surface area contributed by atoms with Gasteiger partial charge in [-0.1, -0.05) is 12.1 Å². The number of benzene rings is 2. The molecule has 0 aromatic heterocycles. The maximum Gasteiger partial charge on any atom is 0.267 e. The molecule has 10 nitrogen and oxygen atoms in total. The van der Waals surface area contributed by atoms with Gasteiger partial charge in [-0.3, -0.25) is 4.79 Å². The zero-order valence-electron chi connectivity index (χ0n) is 19.0. The molecular weight excluding hydrogens is 462 g/mol. The molecule has 11 heteroatoms. The van der Waals surface area contributed by atoms with Crippen molar-refractivity contribution in [1.82, 2.24) is 9.80 Å².